The van der Waals surface area contributed by atoms with Crippen LogP contribution in [0.2, 0.25) is 0 Å². The van der Waals surface area contributed by atoms with Crippen molar-refractivity contribution >= 4 is 17.9 Å². The Morgan fingerprint density at radius 1 is 0.303 bits per heavy atom. The fraction of sp³-hybridized carbons (Fsp3) is 0.950. The van der Waals surface area contributed by atoms with E-state index in [0.29, 0.717) is 19.3 Å². The summed E-state index contributed by atoms with van der Waals surface area (Å²) in [7, 11) is 0. The van der Waals surface area contributed by atoms with E-state index in [2.05, 4.69) is 41.5 Å². The lowest BCUT2D eigenvalue weighted by atomic mass is 9.99. The normalized spacial score (nSPS) is 12.5. The fourth-order valence-electron chi connectivity index (χ4n) is 9.14. The van der Waals surface area contributed by atoms with Gasteiger partial charge in [-0.1, -0.05) is 292 Å². The number of hydrogen-bond acceptors (Lipinski definition) is 6. The Kier molecular flexibility index (Phi) is 50.0. The fourth-order valence-corrected chi connectivity index (χ4v) is 9.14. The number of unbranched alkanes of at least 4 members (excludes halogenated alkanes) is 35. The first-order valence-electron chi connectivity index (χ1n) is 29.6. The molecule has 66 heavy (non-hydrogen) atoms. The second kappa shape index (κ2) is 51.3. The Morgan fingerprint density at radius 2 is 0.530 bits per heavy atom. The van der Waals surface area contributed by atoms with Gasteiger partial charge in [0, 0.05) is 19.3 Å². The van der Waals surface area contributed by atoms with Gasteiger partial charge in [0.25, 0.3) is 0 Å². The predicted octanol–water partition coefficient (Wildman–Crippen LogP) is 19.5. The van der Waals surface area contributed by atoms with Gasteiger partial charge in [0.05, 0.1) is 0 Å². The minimum atomic E-state index is -0.764. The highest BCUT2D eigenvalue weighted by molar-refractivity contribution is 5.71. The van der Waals surface area contributed by atoms with E-state index in [0.717, 1.165) is 75.5 Å². The minimum absolute atomic E-state index is 0.0637. The summed E-state index contributed by atoms with van der Waals surface area (Å²) in [5.74, 6) is 1.69. The third-order valence-electron chi connectivity index (χ3n) is 14.0. The van der Waals surface area contributed by atoms with Gasteiger partial charge in [0.1, 0.15) is 13.2 Å². The molecule has 0 aliphatic carbocycles. The number of ether oxygens (including phenoxy) is 3. The Bertz CT molecular complexity index is 1020. The maximum atomic E-state index is 12.8. The van der Waals surface area contributed by atoms with Gasteiger partial charge < -0.3 is 14.2 Å². The maximum absolute atomic E-state index is 12.8. The molecule has 2 atom stereocenters. The SMILES string of the molecule is CCC(C)CCCCCCCCCCC(=O)OC[C@@H](COC(=O)CCCCCCCCCCCCCCCCCCCCC(C)C)OC(=O)CCCCCCCCCCCCCCC(C)C. The Labute approximate surface area is 412 Å². The van der Waals surface area contributed by atoms with E-state index in [1.54, 1.807) is 0 Å². The highest BCUT2D eigenvalue weighted by Gasteiger charge is 2.19. The Balaban J connectivity index is 4.25. The summed E-state index contributed by atoms with van der Waals surface area (Å²) in [6, 6.07) is 0. The summed E-state index contributed by atoms with van der Waals surface area (Å²) in [5, 5.41) is 0. The van der Waals surface area contributed by atoms with Crippen LogP contribution in [0, 0.1) is 17.8 Å². The zero-order valence-corrected chi connectivity index (χ0v) is 45.5. The molecule has 0 rings (SSSR count). The first-order chi connectivity index (χ1) is 32.1. The van der Waals surface area contributed by atoms with Crippen LogP contribution >= 0.6 is 0 Å². The Morgan fingerprint density at radius 3 is 0.788 bits per heavy atom. The molecule has 0 saturated heterocycles. The highest BCUT2D eigenvalue weighted by atomic mass is 16.6. The molecule has 6 nitrogen and oxygen atoms in total. The number of hydrogen-bond donors (Lipinski definition) is 0. The third kappa shape index (κ3) is 51.8. The molecule has 0 N–H and O–H groups in total. The minimum Gasteiger partial charge on any atom is -0.462 e. The summed E-state index contributed by atoms with van der Waals surface area (Å²) in [4.78, 5) is 38.1. The van der Waals surface area contributed by atoms with Crippen molar-refractivity contribution in [2.75, 3.05) is 13.2 Å². The lowest BCUT2D eigenvalue weighted by Crippen LogP contribution is -2.30. The number of esters is 3. The molecule has 1 unspecified atom stereocenters. The average molecular weight is 934 g/mol. The molecule has 0 aromatic heterocycles. The zero-order valence-electron chi connectivity index (χ0n) is 45.5. The lowest BCUT2D eigenvalue weighted by Gasteiger charge is -2.18. The molecule has 392 valence electrons. The highest BCUT2D eigenvalue weighted by Crippen LogP contribution is 2.19. The molecule has 0 radical (unpaired) electrons. The van der Waals surface area contributed by atoms with Crippen molar-refractivity contribution in [3.63, 3.8) is 0 Å². The average Bonchev–Trinajstić information content (AvgIpc) is 3.29. The smallest absolute Gasteiger partial charge is 0.306 e. The number of rotatable bonds is 53. The van der Waals surface area contributed by atoms with Gasteiger partial charge in [-0.25, -0.2) is 0 Å². The van der Waals surface area contributed by atoms with Crippen LogP contribution in [0.1, 0.15) is 330 Å². The van der Waals surface area contributed by atoms with Gasteiger partial charge in [-0.15, -0.1) is 0 Å². The third-order valence-corrected chi connectivity index (χ3v) is 14.0. The molecular formula is C60H116O6. The van der Waals surface area contributed by atoms with Crippen LogP contribution in [0.25, 0.3) is 0 Å². The first-order valence-corrected chi connectivity index (χ1v) is 29.6. The van der Waals surface area contributed by atoms with Crippen molar-refractivity contribution in [1.29, 1.82) is 0 Å². The lowest BCUT2D eigenvalue weighted by molar-refractivity contribution is -0.167. The standard InChI is InChI=1S/C60H116O6/c1-7-56(6)48-42-36-30-26-27-32-38-44-50-59(62)65-53-57(66-60(63)51-45-39-33-25-21-17-16-19-23-29-35-41-47-55(4)5)52-64-58(61)49-43-37-31-24-20-15-13-11-9-8-10-12-14-18-22-28-34-40-46-54(2)3/h54-57H,7-53H2,1-6H3/t56?,57-/m1/s1. The van der Waals surface area contributed by atoms with Crippen molar-refractivity contribution in [2.24, 2.45) is 17.8 Å². The Hall–Kier alpha value is -1.59. The van der Waals surface area contributed by atoms with Crippen LogP contribution in [0.15, 0.2) is 0 Å². The van der Waals surface area contributed by atoms with Crippen molar-refractivity contribution in [1.82, 2.24) is 0 Å². The van der Waals surface area contributed by atoms with Gasteiger partial charge in [-0.3, -0.25) is 14.4 Å². The van der Waals surface area contributed by atoms with E-state index in [9.17, 15) is 14.4 Å². The van der Waals surface area contributed by atoms with E-state index in [4.69, 9.17) is 14.2 Å². The molecule has 0 fully saturated rings. The van der Waals surface area contributed by atoms with Gasteiger partial charge in [-0.05, 0) is 37.0 Å². The monoisotopic (exact) mass is 933 g/mol. The van der Waals surface area contributed by atoms with Crippen molar-refractivity contribution in [3.05, 3.63) is 0 Å². The van der Waals surface area contributed by atoms with Crippen LogP contribution in [0.3, 0.4) is 0 Å². The molecule has 0 heterocycles. The van der Waals surface area contributed by atoms with Crippen LogP contribution in [0.4, 0.5) is 0 Å². The van der Waals surface area contributed by atoms with E-state index < -0.39 is 6.10 Å². The molecule has 0 aromatic rings. The summed E-state index contributed by atoms with van der Waals surface area (Å²) >= 11 is 0. The van der Waals surface area contributed by atoms with Crippen LogP contribution in [-0.4, -0.2) is 37.2 Å². The van der Waals surface area contributed by atoms with E-state index in [-0.39, 0.29) is 31.1 Å². The summed E-state index contributed by atoms with van der Waals surface area (Å²) < 4.78 is 16.9. The summed E-state index contributed by atoms with van der Waals surface area (Å²) in [5.41, 5.74) is 0. The number of carbonyl (C=O) groups excluding carboxylic acids is 3. The molecular weight excluding hydrogens is 817 g/mol. The van der Waals surface area contributed by atoms with Crippen LogP contribution in [-0.2, 0) is 28.6 Å². The molecule has 0 spiro atoms. The van der Waals surface area contributed by atoms with E-state index in [1.165, 1.54) is 212 Å². The molecule has 0 amide bonds. The van der Waals surface area contributed by atoms with Crippen molar-refractivity contribution < 1.29 is 28.6 Å². The second-order valence-electron chi connectivity index (χ2n) is 21.8. The largest absolute Gasteiger partial charge is 0.462 e. The van der Waals surface area contributed by atoms with E-state index in [1.807, 2.05) is 0 Å². The van der Waals surface area contributed by atoms with Crippen LogP contribution < -0.4 is 0 Å². The second-order valence-corrected chi connectivity index (χ2v) is 21.8. The van der Waals surface area contributed by atoms with Gasteiger partial charge >= 0.3 is 17.9 Å². The van der Waals surface area contributed by atoms with Gasteiger partial charge in [0.2, 0.25) is 0 Å². The molecule has 6 heteroatoms. The maximum Gasteiger partial charge on any atom is 0.306 e. The molecule has 0 aromatic carbocycles. The van der Waals surface area contributed by atoms with Gasteiger partial charge in [0.15, 0.2) is 6.10 Å². The molecule has 0 saturated carbocycles. The van der Waals surface area contributed by atoms with Crippen molar-refractivity contribution in [2.45, 2.75) is 337 Å². The first kappa shape index (κ1) is 64.4. The molecule has 0 aliphatic rings. The van der Waals surface area contributed by atoms with Gasteiger partial charge in [-0.2, -0.15) is 0 Å². The summed E-state index contributed by atoms with van der Waals surface area (Å²) in [6.45, 7) is 13.8. The van der Waals surface area contributed by atoms with E-state index >= 15 is 0 Å². The number of carbonyl (C=O) groups is 3. The quantitative estimate of drug-likeness (QED) is 0.0343. The van der Waals surface area contributed by atoms with Crippen LogP contribution in [0.5, 0.6) is 0 Å². The topological polar surface area (TPSA) is 78.9 Å². The van der Waals surface area contributed by atoms with Crippen molar-refractivity contribution in [3.8, 4) is 0 Å². The molecule has 0 bridgehead atoms. The zero-order chi connectivity index (χ0) is 48.4. The predicted molar refractivity (Wildman–Crippen MR) is 284 cm³/mol. The molecule has 0 aliphatic heterocycles. The summed E-state index contributed by atoms with van der Waals surface area (Å²) in [6.07, 6.45) is 53.8.